The lowest BCUT2D eigenvalue weighted by Crippen LogP contribution is -2.01. The van der Waals surface area contributed by atoms with Gasteiger partial charge in [0.2, 0.25) is 0 Å². The Kier molecular flexibility index (Phi) is 3.35. The average molecular weight is 223 g/mol. The second-order valence-electron chi connectivity index (χ2n) is 4.66. The third-order valence-electron chi connectivity index (χ3n) is 3.48. The lowest BCUT2D eigenvalue weighted by Gasteiger charge is -2.14. The number of rotatable bonds is 1. The van der Waals surface area contributed by atoms with E-state index in [-0.39, 0.29) is 0 Å². The summed E-state index contributed by atoms with van der Waals surface area (Å²) >= 11 is 6.28. The maximum atomic E-state index is 6.28. The van der Waals surface area contributed by atoms with Crippen LogP contribution in [0.1, 0.15) is 49.3 Å². The van der Waals surface area contributed by atoms with E-state index < -0.39 is 0 Å². The molecule has 0 nitrogen and oxygen atoms in total. The molecule has 2 unspecified atom stereocenters. The van der Waals surface area contributed by atoms with Crippen LogP contribution in [0.25, 0.3) is 0 Å². The summed E-state index contributed by atoms with van der Waals surface area (Å²) in [7, 11) is 0. The van der Waals surface area contributed by atoms with E-state index in [9.17, 15) is 0 Å². The first kappa shape index (κ1) is 11.0. The first-order valence-electron chi connectivity index (χ1n) is 5.96. The molecule has 0 aliphatic heterocycles. The molecule has 2 atom stereocenters. The molecule has 1 aromatic rings. The van der Waals surface area contributed by atoms with Gasteiger partial charge in [0, 0.05) is 5.38 Å². The van der Waals surface area contributed by atoms with E-state index in [0.717, 1.165) is 25.7 Å². The molecule has 0 heterocycles. The quantitative estimate of drug-likeness (QED) is 0.491. The molecule has 0 amide bonds. The highest BCUT2D eigenvalue weighted by Gasteiger charge is 2.19. The summed E-state index contributed by atoms with van der Waals surface area (Å²) in [6.45, 7) is 4.51. The minimum Gasteiger partial charge on any atom is -0.123 e. The van der Waals surface area contributed by atoms with Crippen molar-refractivity contribution < 1.29 is 0 Å². The van der Waals surface area contributed by atoms with Crippen LogP contribution < -0.4 is 0 Å². The molecular weight excluding hydrogens is 204 g/mol. The van der Waals surface area contributed by atoms with Crippen LogP contribution in [-0.4, -0.2) is 5.38 Å². The molecule has 0 saturated heterocycles. The molecule has 15 heavy (non-hydrogen) atoms. The van der Waals surface area contributed by atoms with Crippen LogP contribution in [-0.2, 0) is 12.8 Å². The SMILES string of the molecule is CCc1ccc2c(c1)CCC(Cl)CC2C. The highest BCUT2D eigenvalue weighted by atomic mass is 35.5. The number of halogens is 1. The predicted molar refractivity (Wildman–Crippen MR) is 66.8 cm³/mol. The third-order valence-corrected chi connectivity index (χ3v) is 3.88. The van der Waals surface area contributed by atoms with Gasteiger partial charge in [-0.1, -0.05) is 32.0 Å². The van der Waals surface area contributed by atoms with Crippen LogP contribution in [0.15, 0.2) is 18.2 Å². The molecule has 82 valence electrons. The van der Waals surface area contributed by atoms with Crippen LogP contribution in [0.5, 0.6) is 0 Å². The van der Waals surface area contributed by atoms with Crippen molar-refractivity contribution in [1.82, 2.24) is 0 Å². The van der Waals surface area contributed by atoms with Crippen molar-refractivity contribution in [2.75, 3.05) is 0 Å². The van der Waals surface area contributed by atoms with Crippen molar-refractivity contribution in [3.05, 3.63) is 34.9 Å². The van der Waals surface area contributed by atoms with Gasteiger partial charge in [0.05, 0.1) is 0 Å². The standard InChI is InChI=1S/C14H19Cl/c1-3-11-4-7-14-10(2)8-13(15)6-5-12(14)9-11/h4,7,9-10,13H,3,5-6,8H2,1-2H3. The summed E-state index contributed by atoms with van der Waals surface area (Å²) in [5, 5.41) is 0.359. The van der Waals surface area contributed by atoms with Crippen molar-refractivity contribution in [2.45, 2.75) is 50.8 Å². The van der Waals surface area contributed by atoms with Gasteiger partial charge >= 0.3 is 0 Å². The van der Waals surface area contributed by atoms with Crippen molar-refractivity contribution in [2.24, 2.45) is 0 Å². The monoisotopic (exact) mass is 222 g/mol. The van der Waals surface area contributed by atoms with Gasteiger partial charge in [0.15, 0.2) is 0 Å². The maximum absolute atomic E-state index is 6.28. The van der Waals surface area contributed by atoms with Crippen LogP contribution >= 0.6 is 11.6 Å². The van der Waals surface area contributed by atoms with E-state index in [1.807, 2.05) is 0 Å². The number of hydrogen-bond acceptors (Lipinski definition) is 0. The van der Waals surface area contributed by atoms with Gasteiger partial charge in [-0.2, -0.15) is 0 Å². The van der Waals surface area contributed by atoms with Gasteiger partial charge in [-0.05, 0) is 48.3 Å². The highest BCUT2D eigenvalue weighted by molar-refractivity contribution is 6.20. The summed E-state index contributed by atoms with van der Waals surface area (Å²) in [6, 6.07) is 6.96. The lowest BCUT2D eigenvalue weighted by atomic mass is 9.92. The van der Waals surface area contributed by atoms with Crippen molar-refractivity contribution >= 4 is 11.6 Å². The fourth-order valence-electron chi connectivity index (χ4n) is 2.52. The van der Waals surface area contributed by atoms with Gasteiger partial charge in [-0.25, -0.2) is 0 Å². The van der Waals surface area contributed by atoms with Crippen molar-refractivity contribution in [3.63, 3.8) is 0 Å². The predicted octanol–water partition coefficient (Wildman–Crippen LogP) is 4.30. The minimum absolute atomic E-state index is 0.359. The van der Waals surface area contributed by atoms with E-state index >= 15 is 0 Å². The first-order valence-corrected chi connectivity index (χ1v) is 6.40. The Morgan fingerprint density at radius 3 is 2.93 bits per heavy atom. The molecule has 0 saturated carbocycles. The van der Waals surface area contributed by atoms with Gasteiger partial charge < -0.3 is 0 Å². The molecule has 1 heteroatoms. The zero-order valence-electron chi connectivity index (χ0n) is 9.59. The molecule has 1 aromatic carbocycles. The van der Waals surface area contributed by atoms with E-state index in [2.05, 4.69) is 32.0 Å². The fourth-order valence-corrected chi connectivity index (χ4v) is 2.89. The molecule has 0 N–H and O–H groups in total. The largest absolute Gasteiger partial charge is 0.123 e. The Balaban J connectivity index is 2.35. The summed E-state index contributed by atoms with van der Waals surface area (Å²) in [5.41, 5.74) is 4.51. The van der Waals surface area contributed by atoms with Gasteiger partial charge in [0.1, 0.15) is 0 Å². The summed E-state index contributed by atoms with van der Waals surface area (Å²) in [4.78, 5) is 0. The third kappa shape index (κ3) is 2.36. The topological polar surface area (TPSA) is 0 Å². The molecule has 0 fully saturated rings. The first-order chi connectivity index (χ1) is 7.20. The number of hydrogen-bond donors (Lipinski definition) is 0. The zero-order valence-corrected chi connectivity index (χ0v) is 10.3. The average Bonchev–Trinajstić information content (AvgIpc) is 2.38. The Morgan fingerprint density at radius 2 is 2.20 bits per heavy atom. The summed E-state index contributed by atoms with van der Waals surface area (Å²) in [5.74, 6) is 0.621. The molecule has 0 spiro atoms. The highest BCUT2D eigenvalue weighted by Crippen LogP contribution is 2.32. The van der Waals surface area contributed by atoms with Gasteiger partial charge in [-0.3, -0.25) is 0 Å². The van der Waals surface area contributed by atoms with Crippen LogP contribution in [0.4, 0.5) is 0 Å². The molecular formula is C14H19Cl. The number of alkyl halides is 1. The molecule has 0 aromatic heterocycles. The van der Waals surface area contributed by atoms with Crippen molar-refractivity contribution in [3.8, 4) is 0 Å². The normalized spacial score (nSPS) is 25.8. The fraction of sp³-hybridized carbons (Fsp3) is 0.571. The molecule has 1 aliphatic carbocycles. The Bertz CT molecular complexity index is 343. The molecule has 0 bridgehead atoms. The number of benzene rings is 1. The molecule has 1 aliphatic rings. The van der Waals surface area contributed by atoms with Crippen LogP contribution in [0.3, 0.4) is 0 Å². The molecule has 0 radical (unpaired) electrons. The summed E-state index contributed by atoms with van der Waals surface area (Å²) in [6.07, 6.45) is 4.54. The smallest absolute Gasteiger partial charge is 0.0345 e. The second kappa shape index (κ2) is 4.57. The molecule has 2 rings (SSSR count). The number of fused-ring (bicyclic) bond motifs is 1. The minimum atomic E-state index is 0.359. The van der Waals surface area contributed by atoms with Gasteiger partial charge in [0.25, 0.3) is 0 Å². The van der Waals surface area contributed by atoms with Crippen LogP contribution in [0.2, 0.25) is 0 Å². The Hall–Kier alpha value is -0.490. The van der Waals surface area contributed by atoms with E-state index in [1.54, 1.807) is 0 Å². The Labute approximate surface area is 97.6 Å². The van der Waals surface area contributed by atoms with E-state index in [1.165, 1.54) is 16.7 Å². The van der Waals surface area contributed by atoms with E-state index in [4.69, 9.17) is 11.6 Å². The van der Waals surface area contributed by atoms with E-state index in [0.29, 0.717) is 11.3 Å². The second-order valence-corrected chi connectivity index (χ2v) is 5.28. The number of aryl methyl sites for hydroxylation is 2. The van der Waals surface area contributed by atoms with Crippen LogP contribution in [0, 0.1) is 0 Å². The Morgan fingerprint density at radius 1 is 1.40 bits per heavy atom. The van der Waals surface area contributed by atoms with Gasteiger partial charge in [-0.15, -0.1) is 11.6 Å². The maximum Gasteiger partial charge on any atom is 0.0345 e. The zero-order chi connectivity index (χ0) is 10.8. The lowest BCUT2D eigenvalue weighted by molar-refractivity contribution is 0.643. The van der Waals surface area contributed by atoms with Crippen molar-refractivity contribution in [1.29, 1.82) is 0 Å². The summed E-state index contributed by atoms with van der Waals surface area (Å²) < 4.78 is 0.